The Morgan fingerprint density at radius 2 is 1.96 bits per heavy atom. The standard InChI is InChI=1S/C18H23N5O3.ClH/c1-18(2)11-22(9-8-15(18)19)17(24)14-10-21(3)20-16(14)12-4-6-13(7-5-12)23(25)26;/h4-7,10,15H,8-9,11,19H2,1-3H3;1H. The highest BCUT2D eigenvalue weighted by molar-refractivity contribution is 6.00. The Morgan fingerprint density at radius 3 is 2.52 bits per heavy atom. The van der Waals surface area contributed by atoms with Gasteiger partial charge >= 0.3 is 0 Å². The Morgan fingerprint density at radius 1 is 1.33 bits per heavy atom. The van der Waals surface area contributed by atoms with Crippen LogP contribution in [0.5, 0.6) is 0 Å². The molecule has 0 radical (unpaired) electrons. The molecule has 9 heteroatoms. The number of nitro groups is 1. The SMILES string of the molecule is Cl.Cn1cc(C(=O)N2CCC(N)C(C)(C)C2)c(-c2ccc([N+](=O)[O-])cc2)n1. The largest absolute Gasteiger partial charge is 0.338 e. The van der Waals surface area contributed by atoms with Gasteiger partial charge in [0.1, 0.15) is 5.69 Å². The van der Waals surface area contributed by atoms with Crippen molar-refractivity contribution in [3.8, 4) is 11.3 Å². The van der Waals surface area contributed by atoms with E-state index >= 15 is 0 Å². The van der Waals surface area contributed by atoms with E-state index in [4.69, 9.17) is 5.73 Å². The van der Waals surface area contributed by atoms with Gasteiger partial charge in [-0.1, -0.05) is 13.8 Å². The number of halogens is 1. The first kappa shape index (κ1) is 20.9. The fourth-order valence-electron chi connectivity index (χ4n) is 3.32. The first-order valence-electron chi connectivity index (χ1n) is 8.52. The lowest BCUT2D eigenvalue weighted by Crippen LogP contribution is -2.54. The molecule has 0 aliphatic carbocycles. The molecule has 0 saturated carbocycles. The van der Waals surface area contributed by atoms with Crippen molar-refractivity contribution in [2.45, 2.75) is 26.3 Å². The van der Waals surface area contributed by atoms with E-state index in [1.807, 2.05) is 4.90 Å². The third kappa shape index (κ3) is 4.12. The zero-order valence-corrected chi connectivity index (χ0v) is 16.4. The summed E-state index contributed by atoms with van der Waals surface area (Å²) in [7, 11) is 1.75. The summed E-state index contributed by atoms with van der Waals surface area (Å²) in [5.41, 5.74) is 7.72. The number of carbonyl (C=O) groups is 1. The van der Waals surface area contributed by atoms with Gasteiger partial charge in [0.15, 0.2) is 0 Å². The summed E-state index contributed by atoms with van der Waals surface area (Å²) in [6.45, 7) is 5.33. The minimum atomic E-state index is -0.451. The lowest BCUT2D eigenvalue weighted by atomic mass is 9.79. The van der Waals surface area contributed by atoms with Gasteiger partial charge < -0.3 is 10.6 Å². The van der Waals surface area contributed by atoms with Crippen LogP contribution in [0.25, 0.3) is 11.3 Å². The fraction of sp³-hybridized carbons (Fsp3) is 0.444. The van der Waals surface area contributed by atoms with Crippen molar-refractivity contribution in [1.29, 1.82) is 0 Å². The zero-order chi connectivity index (χ0) is 19.1. The highest BCUT2D eigenvalue weighted by atomic mass is 35.5. The van der Waals surface area contributed by atoms with Crippen LogP contribution >= 0.6 is 12.4 Å². The van der Waals surface area contributed by atoms with Crippen LogP contribution < -0.4 is 5.73 Å². The summed E-state index contributed by atoms with van der Waals surface area (Å²) in [6.07, 6.45) is 2.45. The Labute approximate surface area is 163 Å². The minimum absolute atomic E-state index is 0. The number of nitro benzene ring substituents is 1. The van der Waals surface area contributed by atoms with Crippen LogP contribution in [-0.4, -0.2) is 44.6 Å². The molecule has 8 nitrogen and oxygen atoms in total. The zero-order valence-electron chi connectivity index (χ0n) is 15.6. The molecule has 1 unspecified atom stereocenters. The Kier molecular flexibility index (Phi) is 5.91. The van der Waals surface area contributed by atoms with Gasteiger partial charge in [0.05, 0.1) is 10.5 Å². The second kappa shape index (κ2) is 7.66. The number of aromatic nitrogens is 2. The number of amides is 1. The molecule has 3 rings (SSSR count). The number of non-ortho nitro benzene ring substituents is 1. The molecule has 27 heavy (non-hydrogen) atoms. The number of nitrogens with zero attached hydrogens (tertiary/aromatic N) is 4. The van der Waals surface area contributed by atoms with Gasteiger partial charge in [-0.05, 0) is 24.0 Å². The molecule has 2 heterocycles. The van der Waals surface area contributed by atoms with Crippen molar-refractivity contribution in [2.75, 3.05) is 13.1 Å². The number of hydrogen-bond acceptors (Lipinski definition) is 5. The predicted molar refractivity (Wildman–Crippen MR) is 105 cm³/mol. The average Bonchev–Trinajstić information content (AvgIpc) is 2.98. The summed E-state index contributed by atoms with van der Waals surface area (Å²) in [4.78, 5) is 25.3. The fourth-order valence-corrected chi connectivity index (χ4v) is 3.32. The monoisotopic (exact) mass is 393 g/mol. The van der Waals surface area contributed by atoms with Gasteiger partial charge in [-0.3, -0.25) is 19.6 Å². The van der Waals surface area contributed by atoms with Gasteiger partial charge in [-0.15, -0.1) is 12.4 Å². The Bertz CT molecular complexity index is 847. The number of likely N-dealkylation sites (tertiary alicyclic amines) is 1. The average molecular weight is 394 g/mol. The Balaban J connectivity index is 0.00000261. The normalized spacial score (nSPS) is 18.7. The maximum atomic E-state index is 13.1. The number of piperidine rings is 1. The van der Waals surface area contributed by atoms with Gasteiger partial charge in [-0.25, -0.2) is 0 Å². The topological polar surface area (TPSA) is 107 Å². The first-order valence-corrected chi connectivity index (χ1v) is 8.52. The van der Waals surface area contributed by atoms with Crippen LogP contribution in [-0.2, 0) is 7.05 Å². The minimum Gasteiger partial charge on any atom is -0.338 e. The van der Waals surface area contributed by atoms with Crippen molar-refractivity contribution in [3.63, 3.8) is 0 Å². The quantitative estimate of drug-likeness (QED) is 0.637. The molecule has 1 fully saturated rings. The summed E-state index contributed by atoms with van der Waals surface area (Å²) >= 11 is 0. The van der Waals surface area contributed by atoms with Crippen LogP contribution in [0.1, 0.15) is 30.6 Å². The molecule has 1 atom stereocenters. The van der Waals surface area contributed by atoms with Crippen molar-refractivity contribution < 1.29 is 9.72 Å². The first-order chi connectivity index (χ1) is 12.2. The van der Waals surface area contributed by atoms with E-state index in [0.29, 0.717) is 29.9 Å². The number of aryl methyl sites for hydroxylation is 1. The van der Waals surface area contributed by atoms with Crippen molar-refractivity contribution in [2.24, 2.45) is 18.2 Å². The highest BCUT2D eigenvalue weighted by Gasteiger charge is 2.36. The summed E-state index contributed by atoms with van der Waals surface area (Å²) in [6, 6.07) is 6.14. The molecule has 1 aromatic heterocycles. The third-order valence-corrected chi connectivity index (χ3v) is 5.01. The molecule has 2 N–H and O–H groups in total. The molecular weight excluding hydrogens is 370 g/mol. The number of carbonyl (C=O) groups excluding carboxylic acids is 1. The van der Waals surface area contributed by atoms with E-state index < -0.39 is 4.92 Å². The summed E-state index contributed by atoms with van der Waals surface area (Å²) < 4.78 is 1.59. The molecular formula is C18H24ClN5O3. The number of benzene rings is 1. The lowest BCUT2D eigenvalue weighted by molar-refractivity contribution is -0.384. The van der Waals surface area contributed by atoms with E-state index in [9.17, 15) is 14.9 Å². The van der Waals surface area contributed by atoms with Crippen LogP contribution in [0, 0.1) is 15.5 Å². The van der Waals surface area contributed by atoms with Gasteiger partial charge in [-0.2, -0.15) is 5.10 Å². The molecule has 0 spiro atoms. The molecule has 2 aromatic rings. The number of rotatable bonds is 3. The molecule has 1 aliphatic heterocycles. The summed E-state index contributed by atoms with van der Waals surface area (Å²) in [5, 5.41) is 15.2. The van der Waals surface area contributed by atoms with Crippen molar-refractivity contribution in [1.82, 2.24) is 14.7 Å². The summed E-state index contributed by atoms with van der Waals surface area (Å²) in [5.74, 6) is -0.0913. The van der Waals surface area contributed by atoms with E-state index in [2.05, 4.69) is 18.9 Å². The molecule has 146 valence electrons. The number of nitrogens with two attached hydrogens (primary N) is 1. The second-order valence-corrected chi connectivity index (χ2v) is 7.48. The lowest BCUT2D eigenvalue weighted by Gasteiger charge is -2.42. The van der Waals surface area contributed by atoms with E-state index in [1.165, 1.54) is 12.1 Å². The van der Waals surface area contributed by atoms with Gasteiger partial charge in [0.2, 0.25) is 0 Å². The predicted octanol–water partition coefficient (Wildman–Crippen LogP) is 2.62. The van der Waals surface area contributed by atoms with Gasteiger partial charge in [0.25, 0.3) is 11.6 Å². The highest BCUT2D eigenvalue weighted by Crippen LogP contribution is 2.31. The van der Waals surface area contributed by atoms with Crippen LogP contribution in [0.4, 0.5) is 5.69 Å². The maximum Gasteiger partial charge on any atom is 0.269 e. The van der Waals surface area contributed by atoms with E-state index in [0.717, 1.165) is 6.42 Å². The second-order valence-electron chi connectivity index (χ2n) is 7.48. The van der Waals surface area contributed by atoms with Crippen molar-refractivity contribution >= 4 is 24.0 Å². The molecule has 0 bridgehead atoms. The van der Waals surface area contributed by atoms with E-state index in [-0.39, 0.29) is 35.5 Å². The molecule has 1 amide bonds. The van der Waals surface area contributed by atoms with Crippen LogP contribution in [0.3, 0.4) is 0 Å². The Hall–Kier alpha value is -2.45. The van der Waals surface area contributed by atoms with Crippen LogP contribution in [0.2, 0.25) is 0 Å². The van der Waals surface area contributed by atoms with Crippen LogP contribution in [0.15, 0.2) is 30.5 Å². The molecule has 1 aromatic carbocycles. The maximum absolute atomic E-state index is 13.1. The smallest absolute Gasteiger partial charge is 0.269 e. The van der Waals surface area contributed by atoms with Gasteiger partial charge in [0, 0.05) is 50.1 Å². The number of hydrogen-bond donors (Lipinski definition) is 1. The molecule has 1 saturated heterocycles. The van der Waals surface area contributed by atoms with Crippen molar-refractivity contribution in [3.05, 3.63) is 46.1 Å². The van der Waals surface area contributed by atoms with E-state index in [1.54, 1.807) is 30.1 Å². The third-order valence-electron chi connectivity index (χ3n) is 5.01. The molecule has 1 aliphatic rings.